The smallest absolute Gasteiger partial charge is 0.352 e. The van der Waals surface area contributed by atoms with E-state index in [9.17, 15) is 9.90 Å². The molecular weight excluding hydrogens is 254 g/mol. The van der Waals surface area contributed by atoms with Gasteiger partial charge in [0.15, 0.2) is 0 Å². The summed E-state index contributed by atoms with van der Waals surface area (Å²) in [5.41, 5.74) is 4.38. The summed E-state index contributed by atoms with van der Waals surface area (Å²) < 4.78 is 7.13. The van der Waals surface area contributed by atoms with Crippen molar-refractivity contribution in [2.75, 3.05) is 7.11 Å². The lowest BCUT2D eigenvalue weighted by Crippen LogP contribution is -2.08. The minimum Gasteiger partial charge on any atom is -0.496 e. The second kappa shape index (κ2) is 5.41. The third-order valence-corrected chi connectivity index (χ3v) is 3.53. The molecular formula is C16H19NO3. The van der Waals surface area contributed by atoms with E-state index in [4.69, 9.17) is 4.74 Å². The van der Waals surface area contributed by atoms with Crippen LogP contribution in [0.1, 0.15) is 28.5 Å². The van der Waals surface area contributed by atoms with Crippen molar-refractivity contribution in [2.24, 2.45) is 0 Å². The van der Waals surface area contributed by atoms with Gasteiger partial charge in [0.1, 0.15) is 11.4 Å². The minimum absolute atomic E-state index is 0.315. The largest absolute Gasteiger partial charge is 0.496 e. The van der Waals surface area contributed by atoms with Gasteiger partial charge in [-0.15, -0.1) is 0 Å². The van der Waals surface area contributed by atoms with E-state index in [-0.39, 0.29) is 0 Å². The fourth-order valence-electron chi connectivity index (χ4n) is 2.52. The fourth-order valence-corrected chi connectivity index (χ4v) is 2.52. The second-order valence-corrected chi connectivity index (χ2v) is 4.79. The zero-order valence-electron chi connectivity index (χ0n) is 12.2. The lowest BCUT2D eigenvalue weighted by atomic mass is 10.0. The average Bonchev–Trinajstić information content (AvgIpc) is 2.84. The maximum Gasteiger partial charge on any atom is 0.352 e. The van der Waals surface area contributed by atoms with Gasteiger partial charge in [0.2, 0.25) is 0 Å². The van der Waals surface area contributed by atoms with Crippen molar-refractivity contribution in [1.29, 1.82) is 0 Å². The molecule has 1 N–H and O–H groups in total. The summed E-state index contributed by atoms with van der Waals surface area (Å²) in [4.78, 5) is 11.2. The van der Waals surface area contributed by atoms with Crippen LogP contribution < -0.4 is 4.74 Å². The third-order valence-electron chi connectivity index (χ3n) is 3.53. The van der Waals surface area contributed by atoms with Gasteiger partial charge in [-0.25, -0.2) is 4.79 Å². The summed E-state index contributed by atoms with van der Waals surface area (Å²) in [5, 5.41) is 9.22. The third kappa shape index (κ3) is 2.29. The first kappa shape index (κ1) is 14.2. The van der Waals surface area contributed by atoms with Crippen LogP contribution in [0, 0.1) is 13.8 Å². The molecule has 20 heavy (non-hydrogen) atoms. The van der Waals surface area contributed by atoms with Crippen molar-refractivity contribution in [3.05, 3.63) is 41.1 Å². The maximum atomic E-state index is 11.2. The standard InChI is InChI=1S/C16H19NO3/c1-5-17-13(6-7-14(17)16(18)19)12-8-11(3)15(20-4)9-10(12)2/h6-9H,5H2,1-4H3,(H,18,19). The minimum atomic E-state index is -0.902. The molecule has 0 bridgehead atoms. The zero-order valence-corrected chi connectivity index (χ0v) is 12.2. The molecule has 0 amide bonds. The molecule has 1 aromatic heterocycles. The number of methoxy groups -OCH3 is 1. The van der Waals surface area contributed by atoms with E-state index in [1.807, 2.05) is 43.5 Å². The number of carboxylic acids is 1. The van der Waals surface area contributed by atoms with Gasteiger partial charge in [-0.1, -0.05) is 0 Å². The Morgan fingerprint density at radius 2 is 1.95 bits per heavy atom. The highest BCUT2D eigenvalue weighted by molar-refractivity contribution is 5.87. The molecule has 0 atom stereocenters. The quantitative estimate of drug-likeness (QED) is 0.927. The van der Waals surface area contributed by atoms with E-state index < -0.39 is 5.97 Å². The predicted molar refractivity (Wildman–Crippen MR) is 78.5 cm³/mol. The van der Waals surface area contributed by atoms with E-state index in [1.165, 1.54) is 0 Å². The van der Waals surface area contributed by atoms with Crippen molar-refractivity contribution in [3.63, 3.8) is 0 Å². The number of aromatic nitrogens is 1. The number of hydrogen-bond acceptors (Lipinski definition) is 2. The first-order valence-electron chi connectivity index (χ1n) is 6.58. The number of hydrogen-bond donors (Lipinski definition) is 1. The first-order chi connectivity index (χ1) is 9.49. The topological polar surface area (TPSA) is 51.5 Å². The lowest BCUT2D eigenvalue weighted by Gasteiger charge is -2.14. The summed E-state index contributed by atoms with van der Waals surface area (Å²) in [6, 6.07) is 7.54. The average molecular weight is 273 g/mol. The molecule has 2 aromatic rings. The van der Waals surface area contributed by atoms with Gasteiger partial charge >= 0.3 is 5.97 Å². The highest BCUT2D eigenvalue weighted by Crippen LogP contribution is 2.31. The number of benzene rings is 1. The molecule has 2 rings (SSSR count). The maximum absolute atomic E-state index is 11.2. The zero-order chi connectivity index (χ0) is 14.9. The predicted octanol–water partition coefficient (Wildman–Crippen LogP) is 3.50. The molecule has 0 fully saturated rings. The highest BCUT2D eigenvalue weighted by atomic mass is 16.5. The SMILES string of the molecule is CCn1c(C(=O)O)ccc1-c1cc(C)c(OC)cc1C. The van der Waals surface area contributed by atoms with Gasteiger partial charge in [-0.05, 0) is 56.2 Å². The van der Waals surface area contributed by atoms with Crippen LogP contribution in [0.5, 0.6) is 5.75 Å². The Bertz CT molecular complexity index is 656. The molecule has 0 radical (unpaired) electrons. The van der Waals surface area contributed by atoms with Crippen LogP contribution in [0.3, 0.4) is 0 Å². The van der Waals surface area contributed by atoms with E-state index >= 15 is 0 Å². The molecule has 0 saturated carbocycles. The molecule has 4 heteroatoms. The fraction of sp³-hybridized carbons (Fsp3) is 0.312. The van der Waals surface area contributed by atoms with Crippen LogP contribution in [0.15, 0.2) is 24.3 Å². The van der Waals surface area contributed by atoms with E-state index in [0.717, 1.165) is 28.1 Å². The van der Waals surface area contributed by atoms with Gasteiger partial charge in [0.05, 0.1) is 7.11 Å². The Hall–Kier alpha value is -2.23. The monoisotopic (exact) mass is 273 g/mol. The summed E-state index contributed by atoms with van der Waals surface area (Å²) in [7, 11) is 1.65. The summed E-state index contributed by atoms with van der Waals surface area (Å²) >= 11 is 0. The van der Waals surface area contributed by atoms with E-state index in [2.05, 4.69) is 0 Å². The van der Waals surface area contributed by atoms with Gasteiger partial charge < -0.3 is 14.4 Å². The Morgan fingerprint density at radius 3 is 2.50 bits per heavy atom. The van der Waals surface area contributed by atoms with Crippen molar-refractivity contribution in [1.82, 2.24) is 4.57 Å². The number of nitrogens with zero attached hydrogens (tertiary/aromatic N) is 1. The summed E-state index contributed by atoms with van der Waals surface area (Å²) in [6.45, 7) is 6.56. The molecule has 0 spiro atoms. The van der Waals surface area contributed by atoms with Crippen molar-refractivity contribution in [3.8, 4) is 17.0 Å². The summed E-state index contributed by atoms with van der Waals surface area (Å²) in [5.74, 6) is -0.0553. The van der Waals surface area contributed by atoms with Crippen LogP contribution >= 0.6 is 0 Å². The Labute approximate surface area is 118 Å². The first-order valence-corrected chi connectivity index (χ1v) is 6.58. The van der Waals surface area contributed by atoms with E-state index in [0.29, 0.717) is 12.2 Å². The number of aromatic carboxylic acids is 1. The number of carboxylic acid groups (broad SMARTS) is 1. The molecule has 0 unspecified atom stereocenters. The van der Waals surface area contributed by atoms with E-state index in [1.54, 1.807) is 13.2 Å². The van der Waals surface area contributed by atoms with Gasteiger partial charge in [-0.3, -0.25) is 0 Å². The summed E-state index contributed by atoms with van der Waals surface area (Å²) in [6.07, 6.45) is 0. The van der Waals surface area contributed by atoms with Crippen molar-refractivity contribution >= 4 is 5.97 Å². The lowest BCUT2D eigenvalue weighted by molar-refractivity contribution is 0.0685. The van der Waals surface area contributed by atoms with Gasteiger partial charge in [0.25, 0.3) is 0 Å². The molecule has 0 aliphatic heterocycles. The van der Waals surface area contributed by atoms with Crippen LogP contribution in [0.25, 0.3) is 11.3 Å². The van der Waals surface area contributed by atoms with Gasteiger partial charge in [-0.2, -0.15) is 0 Å². The molecule has 1 heterocycles. The van der Waals surface area contributed by atoms with Crippen molar-refractivity contribution in [2.45, 2.75) is 27.3 Å². The molecule has 0 aliphatic rings. The molecule has 106 valence electrons. The Balaban J connectivity index is 2.63. The second-order valence-electron chi connectivity index (χ2n) is 4.79. The number of ether oxygens (including phenoxy) is 1. The number of carbonyl (C=O) groups is 1. The van der Waals surface area contributed by atoms with Crippen LogP contribution in [-0.2, 0) is 6.54 Å². The number of rotatable bonds is 4. The Kier molecular flexibility index (Phi) is 3.84. The highest BCUT2D eigenvalue weighted by Gasteiger charge is 2.16. The van der Waals surface area contributed by atoms with Crippen molar-refractivity contribution < 1.29 is 14.6 Å². The van der Waals surface area contributed by atoms with Crippen LogP contribution in [0.2, 0.25) is 0 Å². The van der Waals surface area contributed by atoms with Crippen LogP contribution in [-0.4, -0.2) is 22.8 Å². The molecule has 4 nitrogen and oxygen atoms in total. The molecule has 0 aliphatic carbocycles. The molecule has 0 saturated heterocycles. The Morgan fingerprint density at radius 1 is 1.25 bits per heavy atom. The number of aryl methyl sites for hydroxylation is 2. The normalized spacial score (nSPS) is 10.6. The van der Waals surface area contributed by atoms with Crippen LogP contribution in [0.4, 0.5) is 0 Å². The molecule has 1 aromatic carbocycles. The van der Waals surface area contributed by atoms with Gasteiger partial charge in [0, 0.05) is 17.8 Å².